The van der Waals surface area contributed by atoms with E-state index in [0.717, 1.165) is 33.9 Å². The Kier molecular flexibility index (Phi) is 6.62. The number of rotatable bonds is 8. The number of benzene rings is 2. The number of nitrogens with zero attached hydrogens (tertiary/aromatic N) is 2. The van der Waals surface area contributed by atoms with Gasteiger partial charge >= 0.3 is 0 Å². The fourth-order valence-electron chi connectivity index (χ4n) is 3.44. The normalized spacial score (nSPS) is 11.3. The molecule has 0 aliphatic rings. The number of amides is 1. The van der Waals surface area contributed by atoms with Crippen molar-refractivity contribution in [3.63, 3.8) is 0 Å². The largest absolute Gasteiger partial charge is 0.348 e. The molecule has 0 fully saturated rings. The Labute approximate surface area is 197 Å². The van der Waals surface area contributed by atoms with Crippen LogP contribution in [0.4, 0.5) is 5.69 Å². The van der Waals surface area contributed by atoms with E-state index in [2.05, 4.69) is 21.2 Å². The number of sulfonamides is 1. The molecule has 4 aromatic rings. The number of carbonyl (C=O) groups is 1. The summed E-state index contributed by atoms with van der Waals surface area (Å²) in [6.07, 6.45) is 0. The summed E-state index contributed by atoms with van der Waals surface area (Å²) in [5.41, 5.74) is 5.04. The molecule has 2 N–H and O–H groups in total. The summed E-state index contributed by atoms with van der Waals surface area (Å²) in [4.78, 5) is 12.6. The van der Waals surface area contributed by atoms with Crippen LogP contribution in [0.2, 0.25) is 0 Å². The highest BCUT2D eigenvalue weighted by atomic mass is 32.2. The van der Waals surface area contributed by atoms with Gasteiger partial charge in [-0.05, 0) is 66.8 Å². The first-order valence-electron chi connectivity index (χ1n) is 10.3. The zero-order valence-electron chi connectivity index (χ0n) is 18.3. The third-order valence-corrected chi connectivity index (χ3v) is 7.82. The average molecular weight is 481 g/mol. The molecule has 2 heterocycles. The smallest absolute Gasteiger partial charge is 0.271 e. The first-order valence-corrected chi connectivity index (χ1v) is 12.7. The van der Waals surface area contributed by atoms with Crippen molar-refractivity contribution in [2.75, 3.05) is 4.72 Å². The van der Waals surface area contributed by atoms with Crippen LogP contribution in [0, 0.1) is 13.8 Å². The molecule has 170 valence electrons. The lowest BCUT2D eigenvalue weighted by Crippen LogP contribution is -2.23. The van der Waals surface area contributed by atoms with Crippen LogP contribution in [0.25, 0.3) is 0 Å². The van der Waals surface area contributed by atoms with E-state index in [1.807, 2.05) is 42.8 Å². The predicted molar refractivity (Wildman–Crippen MR) is 130 cm³/mol. The molecule has 0 bridgehead atoms. The van der Waals surface area contributed by atoms with E-state index in [-0.39, 0.29) is 10.1 Å². The number of anilines is 1. The van der Waals surface area contributed by atoms with E-state index in [0.29, 0.717) is 24.3 Å². The molecule has 0 spiro atoms. The third kappa shape index (κ3) is 5.68. The van der Waals surface area contributed by atoms with Crippen molar-refractivity contribution in [3.8, 4) is 0 Å². The van der Waals surface area contributed by atoms with E-state index >= 15 is 0 Å². The van der Waals surface area contributed by atoms with Crippen LogP contribution in [0.5, 0.6) is 0 Å². The molecule has 0 unspecified atom stereocenters. The second kappa shape index (κ2) is 9.60. The standard InChI is InChI=1S/C24H24N4O3S2/c1-17-13-18(2)28(26-17)16-20-6-3-5-19(14-20)15-25-24(29)21-8-10-22(11-9-21)27-33(30,31)23-7-4-12-32-23/h3-14,27H,15-16H2,1-2H3,(H,25,29). The summed E-state index contributed by atoms with van der Waals surface area (Å²) in [7, 11) is -3.62. The van der Waals surface area contributed by atoms with Crippen LogP contribution >= 0.6 is 11.3 Å². The maximum Gasteiger partial charge on any atom is 0.271 e. The Bertz CT molecular complexity index is 1360. The molecule has 9 heteroatoms. The molecule has 7 nitrogen and oxygen atoms in total. The van der Waals surface area contributed by atoms with Crippen molar-refractivity contribution in [1.82, 2.24) is 15.1 Å². The molecule has 2 aromatic heterocycles. The molecule has 0 atom stereocenters. The lowest BCUT2D eigenvalue weighted by molar-refractivity contribution is 0.0951. The number of hydrogen-bond acceptors (Lipinski definition) is 5. The quantitative estimate of drug-likeness (QED) is 0.392. The Morgan fingerprint density at radius 3 is 2.42 bits per heavy atom. The molecule has 0 aliphatic carbocycles. The Morgan fingerprint density at radius 1 is 1.00 bits per heavy atom. The molecule has 33 heavy (non-hydrogen) atoms. The molecule has 0 radical (unpaired) electrons. The van der Waals surface area contributed by atoms with Gasteiger partial charge in [0.05, 0.1) is 12.2 Å². The second-order valence-electron chi connectivity index (χ2n) is 7.70. The number of carbonyl (C=O) groups excluding carboxylic acids is 1. The zero-order chi connectivity index (χ0) is 23.4. The third-order valence-electron chi connectivity index (χ3n) is 5.04. The summed E-state index contributed by atoms with van der Waals surface area (Å²) in [5, 5.41) is 9.12. The zero-order valence-corrected chi connectivity index (χ0v) is 19.9. The lowest BCUT2D eigenvalue weighted by atomic mass is 10.1. The van der Waals surface area contributed by atoms with Crippen molar-refractivity contribution < 1.29 is 13.2 Å². The summed E-state index contributed by atoms with van der Waals surface area (Å²) in [6.45, 7) is 5.06. The van der Waals surface area contributed by atoms with Gasteiger partial charge < -0.3 is 5.32 Å². The van der Waals surface area contributed by atoms with Crippen molar-refractivity contribution in [2.45, 2.75) is 31.1 Å². The van der Waals surface area contributed by atoms with E-state index < -0.39 is 10.0 Å². The van der Waals surface area contributed by atoms with Gasteiger partial charge in [-0.15, -0.1) is 11.3 Å². The summed E-state index contributed by atoms with van der Waals surface area (Å²) >= 11 is 1.15. The first-order chi connectivity index (χ1) is 15.8. The van der Waals surface area contributed by atoms with Crippen molar-refractivity contribution in [3.05, 3.63) is 100 Å². The van der Waals surface area contributed by atoms with Gasteiger partial charge in [-0.2, -0.15) is 5.10 Å². The van der Waals surface area contributed by atoms with Crippen LogP contribution in [-0.4, -0.2) is 24.1 Å². The number of aryl methyl sites for hydroxylation is 2. The minimum absolute atomic E-state index is 0.230. The van der Waals surface area contributed by atoms with E-state index in [4.69, 9.17) is 0 Å². The van der Waals surface area contributed by atoms with Gasteiger partial charge in [0, 0.05) is 23.5 Å². The van der Waals surface area contributed by atoms with Crippen LogP contribution in [0.15, 0.2) is 76.3 Å². The van der Waals surface area contributed by atoms with Gasteiger partial charge in [0.2, 0.25) is 0 Å². The van der Waals surface area contributed by atoms with Crippen molar-refractivity contribution in [1.29, 1.82) is 0 Å². The van der Waals surface area contributed by atoms with Gasteiger partial charge in [0.1, 0.15) is 4.21 Å². The highest BCUT2D eigenvalue weighted by Crippen LogP contribution is 2.20. The highest BCUT2D eigenvalue weighted by molar-refractivity contribution is 7.94. The van der Waals surface area contributed by atoms with E-state index in [9.17, 15) is 13.2 Å². The minimum Gasteiger partial charge on any atom is -0.348 e. The number of thiophene rings is 1. The summed E-state index contributed by atoms with van der Waals surface area (Å²) < 4.78 is 29.4. The maximum atomic E-state index is 12.6. The lowest BCUT2D eigenvalue weighted by Gasteiger charge is -2.10. The maximum absolute atomic E-state index is 12.6. The molecule has 0 saturated carbocycles. The van der Waals surface area contributed by atoms with Gasteiger partial charge in [0.15, 0.2) is 0 Å². The Balaban J connectivity index is 1.35. The van der Waals surface area contributed by atoms with Crippen molar-refractivity contribution >= 4 is 33.0 Å². The number of aromatic nitrogens is 2. The fraction of sp³-hybridized carbons (Fsp3) is 0.167. The van der Waals surface area contributed by atoms with E-state index in [1.165, 1.54) is 0 Å². The molecule has 0 saturated heterocycles. The SMILES string of the molecule is Cc1cc(C)n(Cc2cccc(CNC(=O)c3ccc(NS(=O)(=O)c4cccs4)cc3)c2)n1. The molecule has 0 aliphatic heterocycles. The first kappa shape index (κ1) is 22.8. The predicted octanol–water partition coefficient (Wildman–Crippen LogP) is 4.34. The average Bonchev–Trinajstić information content (AvgIpc) is 3.43. The topological polar surface area (TPSA) is 93.1 Å². The van der Waals surface area contributed by atoms with Crippen LogP contribution in [-0.2, 0) is 23.1 Å². The van der Waals surface area contributed by atoms with Crippen LogP contribution < -0.4 is 10.0 Å². The Morgan fingerprint density at radius 2 is 1.76 bits per heavy atom. The Hall–Kier alpha value is -3.43. The summed E-state index contributed by atoms with van der Waals surface area (Å²) in [6, 6.07) is 19.7. The van der Waals surface area contributed by atoms with Gasteiger partial charge in [-0.3, -0.25) is 14.2 Å². The van der Waals surface area contributed by atoms with Crippen molar-refractivity contribution in [2.24, 2.45) is 0 Å². The van der Waals surface area contributed by atoms with Crippen LogP contribution in [0.1, 0.15) is 32.9 Å². The second-order valence-corrected chi connectivity index (χ2v) is 10.6. The van der Waals surface area contributed by atoms with Gasteiger partial charge in [-0.25, -0.2) is 8.42 Å². The minimum atomic E-state index is -3.62. The van der Waals surface area contributed by atoms with Gasteiger partial charge in [0.25, 0.3) is 15.9 Å². The number of hydrogen-bond donors (Lipinski definition) is 2. The molecule has 1 amide bonds. The van der Waals surface area contributed by atoms with Gasteiger partial charge in [-0.1, -0.05) is 30.3 Å². The van der Waals surface area contributed by atoms with E-state index in [1.54, 1.807) is 41.8 Å². The summed E-state index contributed by atoms with van der Waals surface area (Å²) in [5.74, 6) is -0.230. The molecular weight excluding hydrogens is 456 g/mol. The fourth-order valence-corrected chi connectivity index (χ4v) is 5.49. The molecular formula is C24H24N4O3S2. The molecule has 4 rings (SSSR count). The van der Waals surface area contributed by atoms with Crippen LogP contribution in [0.3, 0.4) is 0 Å². The number of nitrogens with one attached hydrogen (secondary N) is 2. The monoisotopic (exact) mass is 480 g/mol. The molecule has 2 aromatic carbocycles. The highest BCUT2D eigenvalue weighted by Gasteiger charge is 2.15.